The number of aliphatic hydroxyl groups is 1. The molecule has 3 fully saturated rings. The number of hydrogen-bond acceptors (Lipinski definition) is 20. The second-order valence-electron chi connectivity index (χ2n) is 11.1. The summed E-state index contributed by atoms with van der Waals surface area (Å²) in [7, 11) is 0. The number of rotatable bonds is 11. The molecule has 20 nitrogen and oxygen atoms in total. The number of aliphatic hydroxyl groups excluding tert-OH is 1. The van der Waals surface area contributed by atoms with Gasteiger partial charge in [-0.25, -0.2) is 0 Å². The minimum Gasteiger partial charge on any atom is -0.457 e. The zero-order valence-electron chi connectivity index (χ0n) is 27.8. The van der Waals surface area contributed by atoms with E-state index in [4.69, 9.17) is 56.8 Å². The Labute approximate surface area is 279 Å². The van der Waals surface area contributed by atoms with Gasteiger partial charge in [-0.2, -0.15) is 0 Å². The molecule has 3 aliphatic heterocycles. The first kappa shape index (κ1) is 39.5. The van der Waals surface area contributed by atoms with Crippen molar-refractivity contribution in [1.29, 1.82) is 0 Å². The Morgan fingerprint density at radius 1 is 0.408 bits per heavy atom. The third kappa shape index (κ3) is 11.3. The van der Waals surface area contributed by atoms with E-state index in [0.29, 0.717) is 0 Å². The molecule has 0 aromatic carbocycles. The van der Waals surface area contributed by atoms with E-state index >= 15 is 0 Å². The molecule has 0 unspecified atom stereocenters. The smallest absolute Gasteiger partial charge is 0.303 e. The monoisotopic (exact) mass is 708 g/mol. The maximum absolute atomic E-state index is 12.3. The van der Waals surface area contributed by atoms with Crippen LogP contribution in [0.4, 0.5) is 0 Å². The van der Waals surface area contributed by atoms with Crippen LogP contribution in [0.1, 0.15) is 48.5 Å². The summed E-state index contributed by atoms with van der Waals surface area (Å²) in [4.78, 5) is 84.1. The molecule has 12 atom stereocenters. The summed E-state index contributed by atoms with van der Waals surface area (Å²) in [6.45, 7) is 6.17. The molecule has 0 aliphatic carbocycles. The highest BCUT2D eigenvalue weighted by Crippen LogP contribution is 2.33. The third-order valence-electron chi connectivity index (χ3n) is 6.91. The molecule has 0 bridgehead atoms. The molecule has 276 valence electrons. The van der Waals surface area contributed by atoms with E-state index in [1.807, 2.05) is 0 Å². The summed E-state index contributed by atoms with van der Waals surface area (Å²) in [6.07, 6.45) is -17.9. The van der Waals surface area contributed by atoms with Gasteiger partial charge in [0, 0.05) is 48.5 Å². The van der Waals surface area contributed by atoms with Crippen molar-refractivity contribution >= 4 is 41.8 Å². The third-order valence-corrected chi connectivity index (χ3v) is 6.91. The van der Waals surface area contributed by atoms with Crippen molar-refractivity contribution in [2.45, 2.75) is 122 Å². The zero-order valence-corrected chi connectivity index (χ0v) is 27.8. The highest BCUT2D eigenvalue weighted by Gasteiger charge is 2.54. The van der Waals surface area contributed by atoms with E-state index in [9.17, 15) is 38.7 Å². The van der Waals surface area contributed by atoms with Crippen LogP contribution >= 0.6 is 0 Å². The van der Waals surface area contributed by atoms with Gasteiger partial charge >= 0.3 is 41.8 Å². The maximum Gasteiger partial charge on any atom is 0.303 e. The van der Waals surface area contributed by atoms with Gasteiger partial charge in [-0.1, -0.05) is 0 Å². The van der Waals surface area contributed by atoms with Crippen molar-refractivity contribution in [2.24, 2.45) is 0 Å². The van der Waals surface area contributed by atoms with Crippen molar-refractivity contribution in [3.05, 3.63) is 0 Å². The molecular formula is C29H40O20. The second-order valence-corrected chi connectivity index (χ2v) is 11.1. The summed E-state index contributed by atoms with van der Waals surface area (Å²) in [5.74, 6) is -5.81. The number of carbonyl (C=O) groups is 7. The molecule has 0 spiro atoms. The fourth-order valence-electron chi connectivity index (χ4n) is 5.33. The zero-order chi connectivity index (χ0) is 36.6. The fourth-order valence-corrected chi connectivity index (χ4v) is 5.33. The summed E-state index contributed by atoms with van der Waals surface area (Å²) >= 11 is 0. The van der Waals surface area contributed by atoms with Gasteiger partial charge in [0.1, 0.15) is 12.2 Å². The molecule has 3 rings (SSSR count). The Morgan fingerprint density at radius 3 is 1.18 bits per heavy atom. The molecule has 3 heterocycles. The van der Waals surface area contributed by atoms with Crippen LogP contribution in [0.25, 0.3) is 0 Å². The van der Waals surface area contributed by atoms with E-state index in [2.05, 4.69) is 0 Å². The quantitative estimate of drug-likeness (QED) is 0.186. The first-order valence-corrected chi connectivity index (χ1v) is 15.0. The molecule has 1 N–H and O–H groups in total. The predicted octanol–water partition coefficient (Wildman–Crippen LogP) is -1.66. The summed E-state index contributed by atoms with van der Waals surface area (Å²) in [6, 6.07) is 0. The van der Waals surface area contributed by atoms with Gasteiger partial charge in [0.05, 0.1) is 19.8 Å². The Kier molecular flexibility index (Phi) is 14.2. The lowest BCUT2D eigenvalue weighted by Crippen LogP contribution is -2.64. The summed E-state index contributed by atoms with van der Waals surface area (Å²) in [5, 5.41) is 10.5. The fraction of sp³-hybridized carbons (Fsp3) is 0.759. The largest absolute Gasteiger partial charge is 0.457 e. The molecule has 0 saturated carbocycles. The highest BCUT2D eigenvalue weighted by atomic mass is 16.8. The first-order valence-electron chi connectivity index (χ1n) is 15.0. The van der Waals surface area contributed by atoms with E-state index in [1.54, 1.807) is 0 Å². The number of carbonyl (C=O) groups excluding carboxylic acids is 7. The second kappa shape index (κ2) is 17.6. The van der Waals surface area contributed by atoms with Crippen molar-refractivity contribution in [3.63, 3.8) is 0 Å². The molecule has 0 radical (unpaired) electrons. The van der Waals surface area contributed by atoms with Crippen LogP contribution in [-0.2, 0) is 90.4 Å². The Morgan fingerprint density at radius 2 is 0.735 bits per heavy atom. The minimum atomic E-state index is -1.74. The predicted molar refractivity (Wildman–Crippen MR) is 150 cm³/mol. The van der Waals surface area contributed by atoms with Gasteiger partial charge in [0.2, 0.25) is 0 Å². The van der Waals surface area contributed by atoms with Crippen LogP contribution in [0.5, 0.6) is 0 Å². The maximum atomic E-state index is 12.3. The van der Waals surface area contributed by atoms with Crippen molar-refractivity contribution in [2.75, 3.05) is 19.8 Å². The van der Waals surface area contributed by atoms with Gasteiger partial charge in [-0.05, 0) is 0 Å². The first-order chi connectivity index (χ1) is 23.0. The standard InChI is InChI=1S/C29H40O20/c1-11(30)41-18-8-38-27(37)24(45-15(5)34)21(18)49-29-26(47-17(7)36)23(44-14(4)33)20(10-40-29)48-28-25(46-16(6)35)22(43-13(3)32)19(9-39-28)42-12(2)31/h18-29,37H,8-10H2,1-7H3/t18-,19-,20+,21+,22+,23+,24-,25-,26-,27-,28+,29+/m1/s1. The van der Waals surface area contributed by atoms with E-state index in [-0.39, 0.29) is 0 Å². The van der Waals surface area contributed by atoms with Crippen molar-refractivity contribution in [3.8, 4) is 0 Å². The Balaban J connectivity index is 1.97. The molecule has 20 heteroatoms. The molecule has 0 amide bonds. The number of ether oxygens (including phenoxy) is 12. The van der Waals surface area contributed by atoms with Crippen LogP contribution in [0, 0.1) is 0 Å². The SMILES string of the molecule is CC(=O)O[C@@H]1[C@@H](O[C@@H]2OC[C@H](O[C@@H]3OC[C@@H](OC(C)=O)[C@H](OC(C)=O)[C@H]3OC(C)=O)[C@H](OC(C)=O)[C@H]2OC(C)=O)[C@H](OC(C)=O)CO[C@H]1O. The molecule has 3 saturated heterocycles. The lowest BCUT2D eigenvalue weighted by molar-refractivity contribution is -0.352. The van der Waals surface area contributed by atoms with Gasteiger partial charge in [0.15, 0.2) is 61.6 Å². The average Bonchev–Trinajstić information content (AvgIpc) is 2.96. The van der Waals surface area contributed by atoms with E-state index < -0.39 is 135 Å². The van der Waals surface area contributed by atoms with Crippen LogP contribution in [0.2, 0.25) is 0 Å². The Hall–Kier alpha value is -3.95. The molecule has 3 aliphatic rings. The van der Waals surface area contributed by atoms with Gasteiger partial charge in [-0.3, -0.25) is 33.6 Å². The number of esters is 7. The topological polar surface area (TPSA) is 250 Å². The molecule has 0 aromatic heterocycles. The van der Waals surface area contributed by atoms with Gasteiger partial charge in [0.25, 0.3) is 0 Å². The van der Waals surface area contributed by atoms with Gasteiger partial charge < -0.3 is 61.9 Å². The lowest BCUT2D eigenvalue weighted by Gasteiger charge is -2.46. The molecule has 49 heavy (non-hydrogen) atoms. The van der Waals surface area contributed by atoms with Crippen LogP contribution < -0.4 is 0 Å². The van der Waals surface area contributed by atoms with E-state index in [1.165, 1.54) is 0 Å². The molecule has 0 aromatic rings. The van der Waals surface area contributed by atoms with Crippen LogP contribution in [-0.4, -0.2) is 141 Å². The summed E-state index contributed by atoms with van der Waals surface area (Å²) in [5.41, 5.74) is 0. The Bertz CT molecular complexity index is 1240. The van der Waals surface area contributed by atoms with Crippen molar-refractivity contribution in [1.82, 2.24) is 0 Å². The van der Waals surface area contributed by atoms with Gasteiger partial charge in [-0.15, -0.1) is 0 Å². The lowest BCUT2D eigenvalue weighted by atomic mass is 10.0. The highest BCUT2D eigenvalue weighted by molar-refractivity contribution is 5.69. The van der Waals surface area contributed by atoms with Crippen molar-refractivity contribution < 1.29 is 95.5 Å². The summed E-state index contributed by atoms with van der Waals surface area (Å²) < 4.78 is 66.1. The normalized spacial score (nSPS) is 34.4. The van der Waals surface area contributed by atoms with Crippen LogP contribution in [0.3, 0.4) is 0 Å². The average molecular weight is 709 g/mol. The minimum absolute atomic E-state index is 0.397. The van der Waals surface area contributed by atoms with Crippen LogP contribution in [0.15, 0.2) is 0 Å². The number of hydrogen-bond donors (Lipinski definition) is 1. The molecular weight excluding hydrogens is 668 g/mol. The van der Waals surface area contributed by atoms with E-state index in [0.717, 1.165) is 48.5 Å².